The molecule has 0 fully saturated rings. The van der Waals surface area contributed by atoms with Crippen molar-refractivity contribution in [2.45, 2.75) is 52.6 Å². The van der Waals surface area contributed by atoms with Crippen LogP contribution < -0.4 is 10.6 Å². The quantitative estimate of drug-likeness (QED) is 0.460. The number of imidazole rings is 1. The number of benzene rings is 1. The van der Waals surface area contributed by atoms with E-state index in [2.05, 4.69) is 50.2 Å². The van der Waals surface area contributed by atoms with Gasteiger partial charge >= 0.3 is 0 Å². The number of aliphatic imine (C=N–C) groups is 1. The summed E-state index contributed by atoms with van der Waals surface area (Å²) in [5, 5.41) is 10.8. The molecule has 0 aliphatic rings. The molecule has 2 N–H and O–H groups in total. The Balaban J connectivity index is 1.52. The van der Waals surface area contributed by atoms with Crippen molar-refractivity contribution in [1.82, 2.24) is 25.3 Å². The van der Waals surface area contributed by atoms with E-state index in [0.717, 1.165) is 60.2 Å². The maximum Gasteiger partial charge on any atom is 0.191 e. The molecule has 0 atom stereocenters. The third-order valence-electron chi connectivity index (χ3n) is 5.11. The van der Waals surface area contributed by atoms with Gasteiger partial charge in [-0.15, -0.1) is 0 Å². The second kappa shape index (κ2) is 9.39. The van der Waals surface area contributed by atoms with Crippen molar-refractivity contribution in [3.8, 4) is 0 Å². The highest BCUT2D eigenvalue weighted by Crippen LogP contribution is 2.22. The van der Waals surface area contributed by atoms with Crippen LogP contribution in [-0.2, 0) is 13.1 Å². The number of nitrogens with one attached hydrogen (secondary N) is 2. The first-order valence-electron chi connectivity index (χ1n) is 9.98. The molecule has 0 saturated heterocycles. The van der Waals surface area contributed by atoms with Crippen molar-refractivity contribution in [2.75, 3.05) is 13.6 Å². The van der Waals surface area contributed by atoms with Gasteiger partial charge in [-0.2, -0.15) is 0 Å². The van der Waals surface area contributed by atoms with Crippen molar-refractivity contribution < 1.29 is 4.52 Å². The van der Waals surface area contributed by atoms with Gasteiger partial charge in [-0.05, 0) is 31.9 Å². The number of hydrogen-bond donors (Lipinski definition) is 2. The molecular formula is C21H30N6O. The van der Waals surface area contributed by atoms with Crippen molar-refractivity contribution in [2.24, 2.45) is 4.99 Å². The van der Waals surface area contributed by atoms with Gasteiger partial charge in [-0.1, -0.05) is 31.1 Å². The van der Waals surface area contributed by atoms with Crippen molar-refractivity contribution in [3.63, 3.8) is 0 Å². The van der Waals surface area contributed by atoms with Crippen molar-refractivity contribution >= 4 is 17.0 Å². The van der Waals surface area contributed by atoms with E-state index in [1.54, 1.807) is 7.05 Å². The molecular weight excluding hydrogens is 352 g/mol. The van der Waals surface area contributed by atoms with E-state index in [-0.39, 0.29) is 0 Å². The zero-order chi connectivity index (χ0) is 19.9. The number of aryl methyl sites for hydroxylation is 1. The largest absolute Gasteiger partial charge is 0.359 e. The molecule has 7 heteroatoms. The number of fused-ring (bicyclic) bond motifs is 1. The van der Waals surface area contributed by atoms with E-state index in [9.17, 15) is 0 Å². The second-order valence-corrected chi connectivity index (χ2v) is 6.88. The molecule has 2 heterocycles. The highest BCUT2D eigenvalue weighted by molar-refractivity contribution is 5.79. The number of guanidine groups is 1. The van der Waals surface area contributed by atoms with Gasteiger partial charge in [0.05, 0.1) is 23.3 Å². The molecule has 28 heavy (non-hydrogen) atoms. The van der Waals surface area contributed by atoms with Crippen LogP contribution in [0.15, 0.2) is 39.8 Å². The van der Waals surface area contributed by atoms with E-state index in [0.29, 0.717) is 12.5 Å². The lowest BCUT2D eigenvalue weighted by atomic mass is 9.99. The fourth-order valence-electron chi connectivity index (χ4n) is 3.47. The first kappa shape index (κ1) is 19.9. The minimum absolute atomic E-state index is 0.461. The molecule has 0 aliphatic carbocycles. The maximum atomic E-state index is 5.46. The minimum atomic E-state index is 0.461. The third-order valence-corrected chi connectivity index (χ3v) is 5.11. The summed E-state index contributed by atoms with van der Waals surface area (Å²) in [5.41, 5.74) is 3.22. The lowest BCUT2D eigenvalue weighted by Gasteiger charge is -2.12. The summed E-state index contributed by atoms with van der Waals surface area (Å²) in [6.07, 6.45) is 2.14. The van der Waals surface area contributed by atoms with Crippen LogP contribution >= 0.6 is 0 Å². The average molecular weight is 383 g/mol. The summed E-state index contributed by atoms with van der Waals surface area (Å²) in [4.78, 5) is 8.90. The predicted molar refractivity (Wildman–Crippen MR) is 112 cm³/mol. The van der Waals surface area contributed by atoms with E-state index < -0.39 is 0 Å². The first-order valence-corrected chi connectivity index (χ1v) is 9.98. The van der Waals surface area contributed by atoms with Gasteiger partial charge in [-0.3, -0.25) is 4.99 Å². The van der Waals surface area contributed by atoms with E-state index in [4.69, 9.17) is 4.52 Å². The Labute approximate surface area is 166 Å². The Morgan fingerprint density at radius 1 is 1.21 bits per heavy atom. The Hall–Kier alpha value is -2.83. The molecule has 7 nitrogen and oxygen atoms in total. The van der Waals surface area contributed by atoms with Gasteiger partial charge in [0.15, 0.2) is 11.7 Å². The number of para-hydroxylation sites is 2. The fraction of sp³-hybridized carbons (Fsp3) is 0.476. The van der Waals surface area contributed by atoms with Crippen LogP contribution in [0.5, 0.6) is 0 Å². The first-order chi connectivity index (χ1) is 13.7. The van der Waals surface area contributed by atoms with Crippen LogP contribution in [0, 0.1) is 6.92 Å². The van der Waals surface area contributed by atoms with E-state index in [1.165, 1.54) is 0 Å². The molecule has 0 saturated carbocycles. The maximum absolute atomic E-state index is 5.46. The molecule has 3 aromatic rings. The lowest BCUT2D eigenvalue weighted by Crippen LogP contribution is -2.38. The van der Waals surface area contributed by atoms with Crippen LogP contribution in [0.2, 0.25) is 0 Å². The SMILES string of the molecule is CCC(CC)c1cc(CNC(=NC)NCCn2c(C)nc3ccccc32)on1. The van der Waals surface area contributed by atoms with Crippen LogP contribution in [-0.4, -0.2) is 34.3 Å². The smallest absolute Gasteiger partial charge is 0.191 e. The molecule has 2 aromatic heterocycles. The summed E-state index contributed by atoms with van der Waals surface area (Å²) >= 11 is 0. The minimum Gasteiger partial charge on any atom is -0.359 e. The molecule has 0 radical (unpaired) electrons. The molecule has 0 aliphatic heterocycles. The van der Waals surface area contributed by atoms with Crippen LogP contribution in [0.3, 0.4) is 0 Å². The van der Waals surface area contributed by atoms with Gasteiger partial charge in [0.1, 0.15) is 5.82 Å². The number of hydrogen-bond acceptors (Lipinski definition) is 4. The van der Waals surface area contributed by atoms with Crippen LogP contribution in [0.1, 0.15) is 49.9 Å². The lowest BCUT2D eigenvalue weighted by molar-refractivity contribution is 0.368. The summed E-state index contributed by atoms with van der Waals surface area (Å²) in [6, 6.07) is 10.2. The molecule has 0 amide bonds. The van der Waals surface area contributed by atoms with Crippen LogP contribution in [0.4, 0.5) is 0 Å². The highest BCUT2D eigenvalue weighted by atomic mass is 16.5. The highest BCUT2D eigenvalue weighted by Gasteiger charge is 2.13. The van der Waals surface area contributed by atoms with Crippen molar-refractivity contribution in [1.29, 1.82) is 0 Å². The topological polar surface area (TPSA) is 80.3 Å². The predicted octanol–water partition coefficient (Wildman–Crippen LogP) is 3.60. The van der Waals surface area contributed by atoms with Gasteiger partial charge < -0.3 is 19.7 Å². The summed E-state index contributed by atoms with van der Waals surface area (Å²) in [6.45, 7) is 8.51. The standard InChI is InChI=1S/C21H30N6O/c1-5-16(6-2)19-13-17(28-26-19)14-24-21(22-4)23-11-12-27-15(3)25-18-9-7-8-10-20(18)27/h7-10,13,16H,5-6,11-12,14H2,1-4H3,(H2,22,23,24). The zero-order valence-electron chi connectivity index (χ0n) is 17.2. The second-order valence-electron chi connectivity index (χ2n) is 6.88. The third kappa shape index (κ3) is 4.52. The number of nitrogens with zero attached hydrogens (tertiary/aromatic N) is 4. The molecule has 0 spiro atoms. The van der Waals surface area contributed by atoms with E-state index in [1.807, 2.05) is 31.2 Å². The Bertz CT molecular complexity index is 922. The molecule has 0 unspecified atom stereocenters. The Morgan fingerprint density at radius 2 is 2.00 bits per heavy atom. The summed E-state index contributed by atoms with van der Waals surface area (Å²) in [5.74, 6) is 3.04. The van der Waals surface area contributed by atoms with Crippen LogP contribution in [0.25, 0.3) is 11.0 Å². The molecule has 150 valence electrons. The van der Waals surface area contributed by atoms with Gasteiger partial charge in [0.2, 0.25) is 0 Å². The zero-order valence-corrected chi connectivity index (χ0v) is 17.2. The molecule has 3 rings (SSSR count). The summed E-state index contributed by atoms with van der Waals surface area (Å²) in [7, 11) is 1.77. The van der Waals surface area contributed by atoms with Crippen molar-refractivity contribution in [3.05, 3.63) is 47.6 Å². The molecule has 1 aromatic carbocycles. The Kier molecular flexibility index (Phi) is 6.68. The van der Waals surface area contributed by atoms with Gasteiger partial charge in [0.25, 0.3) is 0 Å². The number of aromatic nitrogens is 3. The molecule has 0 bridgehead atoms. The number of rotatable bonds is 8. The van der Waals surface area contributed by atoms with E-state index >= 15 is 0 Å². The summed E-state index contributed by atoms with van der Waals surface area (Å²) < 4.78 is 7.68. The fourth-order valence-corrected chi connectivity index (χ4v) is 3.47. The normalized spacial score (nSPS) is 12.1. The monoisotopic (exact) mass is 382 g/mol. The average Bonchev–Trinajstić information content (AvgIpc) is 3.30. The van der Waals surface area contributed by atoms with Gasteiger partial charge in [-0.25, -0.2) is 4.98 Å². The van der Waals surface area contributed by atoms with Gasteiger partial charge in [0, 0.05) is 32.1 Å². The Morgan fingerprint density at radius 3 is 2.75 bits per heavy atom.